The van der Waals surface area contributed by atoms with E-state index < -0.39 is 5.97 Å². The summed E-state index contributed by atoms with van der Waals surface area (Å²) in [5, 5.41) is 13.7. The second-order valence-corrected chi connectivity index (χ2v) is 5.45. The summed E-state index contributed by atoms with van der Waals surface area (Å²) < 4.78 is 2.81. The molecular formula is C13H12BrClN2O2. The summed E-state index contributed by atoms with van der Waals surface area (Å²) in [5.74, 6) is -0.984. The fourth-order valence-corrected chi connectivity index (χ4v) is 2.32. The number of rotatable bonds is 3. The number of aryl methyl sites for hydroxylation is 1. The molecule has 1 N–H and O–H groups in total. The van der Waals surface area contributed by atoms with Gasteiger partial charge in [0, 0.05) is 5.02 Å². The van der Waals surface area contributed by atoms with E-state index >= 15 is 0 Å². The fourth-order valence-electron chi connectivity index (χ4n) is 1.80. The Labute approximate surface area is 124 Å². The number of aromatic carboxylic acids is 1. The molecule has 100 valence electrons. The summed E-state index contributed by atoms with van der Waals surface area (Å²) in [7, 11) is 0. The molecule has 2 rings (SSSR count). The monoisotopic (exact) mass is 342 g/mol. The molecule has 0 fully saturated rings. The Morgan fingerprint density at radius 3 is 2.63 bits per heavy atom. The molecule has 0 saturated carbocycles. The average molecular weight is 344 g/mol. The second kappa shape index (κ2) is 5.35. The number of hydrogen-bond donors (Lipinski definition) is 1. The summed E-state index contributed by atoms with van der Waals surface area (Å²) in [6.07, 6.45) is 0. The molecule has 2 aromatic rings. The van der Waals surface area contributed by atoms with Crippen LogP contribution < -0.4 is 0 Å². The van der Waals surface area contributed by atoms with E-state index in [2.05, 4.69) is 21.0 Å². The third-order valence-corrected chi connectivity index (χ3v) is 4.41. The smallest absolute Gasteiger partial charge is 0.335 e. The van der Waals surface area contributed by atoms with Crippen LogP contribution in [-0.4, -0.2) is 20.9 Å². The maximum atomic E-state index is 10.8. The van der Waals surface area contributed by atoms with E-state index in [4.69, 9.17) is 16.7 Å². The van der Waals surface area contributed by atoms with Crippen molar-refractivity contribution in [2.75, 3.05) is 0 Å². The van der Waals surface area contributed by atoms with Crippen LogP contribution >= 0.6 is 27.5 Å². The SMILES string of the molecule is Cc1nn(Cc2ccc(C(=O)O)cc2Cl)c(C)c1Br. The number of aromatic nitrogens is 2. The highest BCUT2D eigenvalue weighted by Gasteiger charge is 2.12. The van der Waals surface area contributed by atoms with E-state index in [1.807, 2.05) is 18.5 Å². The minimum absolute atomic E-state index is 0.184. The maximum absolute atomic E-state index is 10.8. The van der Waals surface area contributed by atoms with Gasteiger partial charge >= 0.3 is 5.97 Å². The zero-order valence-corrected chi connectivity index (χ0v) is 12.8. The molecule has 6 heteroatoms. The molecule has 0 radical (unpaired) electrons. The number of carboxylic acids is 1. The van der Waals surface area contributed by atoms with Gasteiger partial charge < -0.3 is 5.11 Å². The molecule has 0 spiro atoms. The molecule has 1 heterocycles. The highest BCUT2D eigenvalue weighted by atomic mass is 79.9. The van der Waals surface area contributed by atoms with Gasteiger partial charge in [-0.3, -0.25) is 4.68 Å². The Bertz CT molecular complexity index is 652. The number of nitrogens with zero attached hydrogens (tertiary/aromatic N) is 2. The van der Waals surface area contributed by atoms with Crippen LogP contribution in [0.5, 0.6) is 0 Å². The summed E-state index contributed by atoms with van der Waals surface area (Å²) >= 11 is 9.57. The molecular weight excluding hydrogens is 332 g/mol. The van der Waals surface area contributed by atoms with E-state index in [0.29, 0.717) is 11.6 Å². The van der Waals surface area contributed by atoms with Crippen LogP contribution in [0.15, 0.2) is 22.7 Å². The van der Waals surface area contributed by atoms with Crippen molar-refractivity contribution in [3.63, 3.8) is 0 Å². The first kappa shape index (κ1) is 14.1. The largest absolute Gasteiger partial charge is 0.478 e. The van der Waals surface area contributed by atoms with Gasteiger partial charge in [0.25, 0.3) is 0 Å². The molecule has 0 amide bonds. The molecule has 1 aromatic carbocycles. The molecule has 0 saturated heterocycles. The first-order valence-corrected chi connectivity index (χ1v) is 6.78. The van der Waals surface area contributed by atoms with Crippen molar-refractivity contribution in [3.8, 4) is 0 Å². The average Bonchev–Trinajstić information content (AvgIpc) is 2.59. The van der Waals surface area contributed by atoms with E-state index in [0.717, 1.165) is 21.4 Å². The van der Waals surface area contributed by atoms with Crippen molar-refractivity contribution in [3.05, 3.63) is 50.2 Å². The first-order valence-electron chi connectivity index (χ1n) is 5.61. The Morgan fingerprint density at radius 1 is 1.47 bits per heavy atom. The molecule has 1 aromatic heterocycles. The molecule has 19 heavy (non-hydrogen) atoms. The first-order chi connectivity index (χ1) is 8.90. The van der Waals surface area contributed by atoms with E-state index in [9.17, 15) is 4.79 Å². The second-order valence-electron chi connectivity index (χ2n) is 4.25. The Balaban J connectivity index is 2.33. The van der Waals surface area contributed by atoms with Crippen molar-refractivity contribution < 1.29 is 9.90 Å². The van der Waals surface area contributed by atoms with E-state index in [1.54, 1.807) is 12.1 Å². The van der Waals surface area contributed by atoms with Gasteiger partial charge in [0.15, 0.2) is 0 Å². The summed E-state index contributed by atoms with van der Waals surface area (Å²) in [4.78, 5) is 10.8. The van der Waals surface area contributed by atoms with Crippen LogP contribution in [0.1, 0.15) is 27.3 Å². The molecule has 0 atom stereocenters. The van der Waals surface area contributed by atoms with Crippen molar-refractivity contribution in [2.45, 2.75) is 20.4 Å². The molecule has 0 aliphatic heterocycles. The van der Waals surface area contributed by atoms with Gasteiger partial charge in [-0.15, -0.1) is 0 Å². The normalized spacial score (nSPS) is 10.7. The molecule has 0 aliphatic carbocycles. The van der Waals surface area contributed by atoms with Crippen LogP contribution in [0.2, 0.25) is 5.02 Å². The molecule has 0 aliphatic rings. The van der Waals surface area contributed by atoms with Crippen molar-refractivity contribution in [2.24, 2.45) is 0 Å². The zero-order valence-electron chi connectivity index (χ0n) is 10.4. The fraction of sp³-hybridized carbons (Fsp3) is 0.231. The minimum atomic E-state index is -0.984. The standard InChI is InChI=1S/C13H12BrClN2O2/c1-7-12(14)8(2)17(16-7)6-10-4-3-9(13(18)19)5-11(10)15/h3-5H,6H2,1-2H3,(H,18,19). The summed E-state index contributed by atoms with van der Waals surface area (Å²) in [6.45, 7) is 4.39. The third-order valence-electron chi connectivity index (χ3n) is 2.91. The third kappa shape index (κ3) is 2.82. The predicted molar refractivity (Wildman–Crippen MR) is 76.9 cm³/mol. The van der Waals surface area contributed by atoms with Crippen LogP contribution in [-0.2, 0) is 6.54 Å². The number of hydrogen-bond acceptors (Lipinski definition) is 2. The number of benzene rings is 1. The quantitative estimate of drug-likeness (QED) is 0.925. The number of carbonyl (C=O) groups is 1. The van der Waals surface area contributed by atoms with Gasteiger partial charge in [-0.05, 0) is 47.5 Å². The number of halogens is 2. The predicted octanol–water partition coefficient (Wildman–Crippen LogP) is 3.66. The minimum Gasteiger partial charge on any atom is -0.478 e. The summed E-state index contributed by atoms with van der Waals surface area (Å²) in [5.41, 5.74) is 2.94. The molecule has 0 bridgehead atoms. The molecule has 0 unspecified atom stereocenters. The van der Waals surface area contributed by atoms with Gasteiger partial charge in [-0.1, -0.05) is 17.7 Å². The van der Waals surface area contributed by atoms with Gasteiger partial charge in [-0.25, -0.2) is 4.79 Å². The maximum Gasteiger partial charge on any atom is 0.335 e. The Morgan fingerprint density at radius 2 is 2.16 bits per heavy atom. The number of carboxylic acid groups (broad SMARTS) is 1. The lowest BCUT2D eigenvalue weighted by atomic mass is 10.1. The van der Waals surface area contributed by atoms with E-state index in [1.165, 1.54) is 6.07 Å². The lowest BCUT2D eigenvalue weighted by Crippen LogP contribution is -2.05. The Kier molecular flexibility index (Phi) is 3.96. The zero-order chi connectivity index (χ0) is 14.2. The van der Waals surface area contributed by atoms with E-state index in [-0.39, 0.29) is 5.56 Å². The van der Waals surface area contributed by atoms with Crippen LogP contribution in [0.4, 0.5) is 0 Å². The highest BCUT2D eigenvalue weighted by molar-refractivity contribution is 9.10. The van der Waals surface area contributed by atoms with Crippen molar-refractivity contribution >= 4 is 33.5 Å². The van der Waals surface area contributed by atoms with Gasteiger partial charge in [0.2, 0.25) is 0 Å². The van der Waals surface area contributed by atoms with Gasteiger partial charge in [0.1, 0.15) is 0 Å². The molecule has 4 nitrogen and oxygen atoms in total. The van der Waals surface area contributed by atoms with Crippen LogP contribution in [0.3, 0.4) is 0 Å². The van der Waals surface area contributed by atoms with Crippen molar-refractivity contribution in [1.82, 2.24) is 9.78 Å². The Hall–Kier alpha value is -1.33. The lowest BCUT2D eigenvalue weighted by Gasteiger charge is -2.07. The highest BCUT2D eigenvalue weighted by Crippen LogP contribution is 2.23. The topological polar surface area (TPSA) is 55.1 Å². The lowest BCUT2D eigenvalue weighted by molar-refractivity contribution is 0.0697. The van der Waals surface area contributed by atoms with Gasteiger partial charge in [-0.2, -0.15) is 5.10 Å². The van der Waals surface area contributed by atoms with Gasteiger partial charge in [0.05, 0.1) is 28.0 Å². The van der Waals surface area contributed by atoms with Crippen LogP contribution in [0.25, 0.3) is 0 Å². The van der Waals surface area contributed by atoms with Crippen LogP contribution in [0, 0.1) is 13.8 Å². The van der Waals surface area contributed by atoms with Crippen molar-refractivity contribution in [1.29, 1.82) is 0 Å². The summed E-state index contributed by atoms with van der Waals surface area (Å²) in [6, 6.07) is 4.72.